The Morgan fingerprint density at radius 1 is 1.35 bits per heavy atom. The average Bonchev–Trinajstić information content (AvgIpc) is 2.50. The summed E-state index contributed by atoms with van der Waals surface area (Å²) in [4.78, 5) is 4.71. The second-order valence-corrected chi connectivity index (χ2v) is 7.55. The van der Waals surface area contributed by atoms with Gasteiger partial charge in [0.1, 0.15) is 12.0 Å². The molecule has 1 unspecified atom stereocenters. The summed E-state index contributed by atoms with van der Waals surface area (Å²) in [5.41, 5.74) is 1.24. The van der Waals surface area contributed by atoms with Gasteiger partial charge >= 0.3 is 0 Å². The van der Waals surface area contributed by atoms with E-state index >= 15 is 0 Å². The first-order valence-electron chi connectivity index (χ1n) is 8.95. The number of rotatable bonds is 8. The fourth-order valence-electron chi connectivity index (χ4n) is 3.07. The van der Waals surface area contributed by atoms with Gasteiger partial charge in [-0.1, -0.05) is 25.8 Å². The molecule has 130 valence electrons. The molecule has 1 aromatic rings. The zero-order chi connectivity index (χ0) is 16.9. The van der Waals surface area contributed by atoms with E-state index in [1.165, 1.54) is 12.0 Å². The van der Waals surface area contributed by atoms with E-state index in [0.29, 0.717) is 12.3 Å². The largest absolute Gasteiger partial charge is 0.387 e. The van der Waals surface area contributed by atoms with E-state index in [-0.39, 0.29) is 0 Å². The van der Waals surface area contributed by atoms with Crippen LogP contribution >= 0.6 is 0 Å². The van der Waals surface area contributed by atoms with Crippen molar-refractivity contribution in [3.05, 3.63) is 23.4 Å². The van der Waals surface area contributed by atoms with Crippen molar-refractivity contribution >= 4 is 5.82 Å². The topological polar surface area (TPSA) is 45.2 Å². The molecule has 1 aliphatic heterocycles. The van der Waals surface area contributed by atoms with Gasteiger partial charge in [0.05, 0.1) is 5.60 Å². The van der Waals surface area contributed by atoms with Gasteiger partial charge in [0.15, 0.2) is 0 Å². The number of hydrogen-bond donors (Lipinski definition) is 2. The second-order valence-electron chi connectivity index (χ2n) is 7.55. The third-order valence-electron chi connectivity index (χ3n) is 4.71. The van der Waals surface area contributed by atoms with Crippen LogP contribution < -0.4 is 5.32 Å². The van der Waals surface area contributed by atoms with Crippen LogP contribution in [0.2, 0.25) is 0 Å². The van der Waals surface area contributed by atoms with Crippen molar-refractivity contribution in [2.75, 3.05) is 11.9 Å². The van der Waals surface area contributed by atoms with Crippen molar-refractivity contribution in [3.8, 4) is 0 Å². The fraction of sp³-hybridized carbons (Fsp3) is 0.737. The molecule has 4 heteroatoms. The van der Waals surface area contributed by atoms with Crippen LogP contribution in [-0.4, -0.2) is 28.4 Å². The Hall–Kier alpha value is -1.16. The van der Waals surface area contributed by atoms with Crippen LogP contribution in [-0.2, 0) is 12.8 Å². The van der Waals surface area contributed by atoms with E-state index in [9.17, 15) is 9.50 Å². The van der Waals surface area contributed by atoms with Crippen molar-refractivity contribution in [2.45, 2.75) is 77.5 Å². The lowest BCUT2D eigenvalue weighted by atomic mass is 9.91. The molecule has 0 aliphatic carbocycles. The van der Waals surface area contributed by atoms with Crippen molar-refractivity contribution in [3.63, 3.8) is 0 Å². The van der Waals surface area contributed by atoms with Gasteiger partial charge in [-0.05, 0) is 63.5 Å². The quantitative estimate of drug-likeness (QED) is 0.702. The summed E-state index contributed by atoms with van der Waals surface area (Å²) < 4.78 is 13.8. The summed E-state index contributed by atoms with van der Waals surface area (Å²) in [7, 11) is 0. The van der Waals surface area contributed by atoms with E-state index in [1.807, 2.05) is 0 Å². The molecule has 0 saturated heterocycles. The minimum atomic E-state index is -1.23. The van der Waals surface area contributed by atoms with Crippen molar-refractivity contribution < 1.29 is 9.50 Å². The first kappa shape index (κ1) is 18.2. The Morgan fingerprint density at radius 3 is 2.87 bits per heavy atom. The van der Waals surface area contributed by atoms with E-state index < -0.39 is 11.8 Å². The number of aliphatic hydroxyl groups is 1. The van der Waals surface area contributed by atoms with Crippen molar-refractivity contribution in [2.24, 2.45) is 5.92 Å². The Morgan fingerprint density at radius 2 is 2.13 bits per heavy atom. The van der Waals surface area contributed by atoms with Crippen molar-refractivity contribution in [1.29, 1.82) is 0 Å². The molecule has 2 atom stereocenters. The summed E-state index contributed by atoms with van der Waals surface area (Å²) >= 11 is 0. The molecule has 2 rings (SSSR count). The zero-order valence-electron chi connectivity index (χ0n) is 14.7. The third-order valence-corrected chi connectivity index (χ3v) is 4.71. The number of nitrogens with one attached hydrogen (secondary N) is 1. The van der Waals surface area contributed by atoms with Gasteiger partial charge in [-0.15, -0.1) is 0 Å². The number of fused-ring (bicyclic) bond motifs is 1. The molecule has 23 heavy (non-hydrogen) atoms. The lowest BCUT2D eigenvalue weighted by molar-refractivity contribution is -0.0132. The summed E-state index contributed by atoms with van der Waals surface area (Å²) in [6.07, 6.45) is 5.73. The second kappa shape index (κ2) is 8.09. The molecule has 3 nitrogen and oxygen atoms in total. The summed E-state index contributed by atoms with van der Waals surface area (Å²) in [5, 5.41) is 13.0. The van der Waals surface area contributed by atoms with Gasteiger partial charge in [-0.3, -0.25) is 0 Å². The highest BCUT2D eigenvalue weighted by Gasteiger charge is 2.27. The van der Waals surface area contributed by atoms with Gasteiger partial charge in [0, 0.05) is 12.2 Å². The summed E-state index contributed by atoms with van der Waals surface area (Å²) in [6.45, 7) is 6.17. The highest BCUT2D eigenvalue weighted by molar-refractivity contribution is 5.46. The van der Waals surface area contributed by atoms with E-state index in [2.05, 4.69) is 24.4 Å². The molecule has 2 heterocycles. The van der Waals surface area contributed by atoms with Gasteiger partial charge in [-0.25, -0.2) is 9.37 Å². The van der Waals surface area contributed by atoms with Crippen LogP contribution in [0.3, 0.4) is 0 Å². The molecule has 0 spiro atoms. The number of aryl methyl sites for hydroxylation is 2. The number of unbranched alkanes of at least 4 members (excludes halogenated alkanes) is 1. The molecule has 0 radical (unpaired) electrons. The lowest BCUT2D eigenvalue weighted by Gasteiger charge is -2.25. The first-order valence-corrected chi connectivity index (χ1v) is 8.95. The molecular weight excluding hydrogens is 291 g/mol. The van der Waals surface area contributed by atoms with E-state index in [1.54, 1.807) is 13.8 Å². The molecule has 1 aromatic heterocycles. The average molecular weight is 322 g/mol. The predicted octanol–water partition coefficient (Wildman–Crippen LogP) is 4.29. The van der Waals surface area contributed by atoms with Crippen molar-refractivity contribution in [1.82, 2.24) is 4.98 Å². The number of nitrogens with zero attached hydrogens (tertiary/aromatic N) is 1. The number of anilines is 1. The normalized spacial score (nSPS) is 17.3. The summed E-state index contributed by atoms with van der Waals surface area (Å²) in [5.74, 6) is 1.36. The van der Waals surface area contributed by atoms with Gasteiger partial charge in [0.2, 0.25) is 0 Å². The van der Waals surface area contributed by atoms with Gasteiger partial charge in [0.25, 0.3) is 0 Å². The molecule has 0 saturated carbocycles. The van der Waals surface area contributed by atoms with Gasteiger partial charge in [-0.2, -0.15) is 0 Å². The number of aromatic nitrogens is 1. The smallest absolute Gasteiger partial charge is 0.129 e. The Labute approximate surface area is 139 Å². The third kappa shape index (κ3) is 5.76. The highest BCUT2D eigenvalue weighted by atomic mass is 19.1. The molecule has 0 amide bonds. The number of halogens is 1. The standard InChI is InChI=1S/C19H31FN2O/c1-14(13-17(20)19(2,3)23)7-4-5-9-16-11-10-15-8-6-12-21-18(15)22-16/h10-11,14,17,23H,4-9,12-13H2,1-3H3,(H,21,22)/t14?,17-/m0/s1. The maximum absolute atomic E-state index is 13.8. The fourth-order valence-corrected chi connectivity index (χ4v) is 3.07. The Bertz CT molecular complexity index is 499. The molecule has 0 fully saturated rings. The molecular formula is C19H31FN2O. The Balaban J connectivity index is 1.69. The van der Waals surface area contributed by atoms with Crippen LogP contribution in [0.5, 0.6) is 0 Å². The van der Waals surface area contributed by atoms with Gasteiger partial charge < -0.3 is 10.4 Å². The minimum Gasteiger partial charge on any atom is -0.387 e. The maximum atomic E-state index is 13.8. The first-order chi connectivity index (χ1) is 10.9. The molecule has 1 aliphatic rings. The number of hydrogen-bond acceptors (Lipinski definition) is 3. The number of pyridine rings is 1. The number of alkyl halides is 1. The van der Waals surface area contributed by atoms with E-state index in [4.69, 9.17) is 4.98 Å². The molecule has 0 aromatic carbocycles. The van der Waals surface area contributed by atoms with Crippen LogP contribution in [0.25, 0.3) is 0 Å². The molecule has 0 bridgehead atoms. The van der Waals surface area contributed by atoms with Crippen LogP contribution in [0.1, 0.15) is 64.1 Å². The SMILES string of the molecule is CC(CCCCc1ccc2c(n1)NCCC2)C[C@H](F)C(C)(C)O. The zero-order valence-corrected chi connectivity index (χ0v) is 14.7. The van der Waals surface area contributed by atoms with Crippen LogP contribution in [0, 0.1) is 5.92 Å². The lowest BCUT2D eigenvalue weighted by Crippen LogP contribution is -2.33. The predicted molar refractivity (Wildman–Crippen MR) is 93.6 cm³/mol. The van der Waals surface area contributed by atoms with Crippen LogP contribution in [0.4, 0.5) is 10.2 Å². The van der Waals surface area contributed by atoms with E-state index in [0.717, 1.165) is 50.2 Å². The minimum absolute atomic E-state index is 0.301. The highest BCUT2D eigenvalue weighted by Crippen LogP contribution is 2.24. The maximum Gasteiger partial charge on any atom is 0.129 e. The Kier molecular flexibility index (Phi) is 6.40. The molecule has 2 N–H and O–H groups in total. The van der Waals surface area contributed by atoms with Crippen LogP contribution in [0.15, 0.2) is 12.1 Å². The monoisotopic (exact) mass is 322 g/mol. The summed E-state index contributed by atoms with van der Waals surface area (Å²) in [6, 6.07) is 4.34.